The molecule has 0 aromatic carbocycles. The van der Waals surface area contributed by atoms with Crippen molar-refractivity contribution in [2.24, 2.45) is 16.7 Å². The van der Waals surface area contributed by atoms with Gasteiger partial charge >= 0.3 is 0 Å². The lowest BCUT2D eigenvalue weighted by Gasteiger charge is -2.32. The molecule has 31 heavy (non-hydrogen) atoms. The lowest BCUT2D eigenvalue weighted by molar-refractivity contribution is -0.145. The molecule has 2 unspecified atom stereocenters. The van der Waals surface area contributed by atoms with E-state index >= 15 is 0 Å². The lowest BCUT2D eigenvalue weighted by atomic mass is 9.70. The van der Waals surface area contributed by atoms with Crippen molar-refractivity contribution in [1.82, 2.24) is 10.5 Å². The molecule has 0 saturated heterocycles. The minimum absolute atomic E-state index is 0.0161. The molecule has 2 fully saturated rings. The molecule has 1 aromatic heterocycles. The number of ketones is 1. The van der Waals surface area contributed by atoms with Gasteiger partial charge in [-0.1, -0.05) is 32.6 Å². The standard InChI is InChI=1S/C23H32FN3O4/c1-2-3-6-16(13-19(28)27-31)20(29)23(12-11-22(15-23)9-4-5-10-22)21(30)26-18-8-7-17(24)14-25-18/h7-8,14,16,31H,2-6,9-13,15H2,1H3,(H,27,28)(H,25,26,30). The highest BCUT2D eigenvalue weighted by Crippen LogP contribution is 2.59. The Morgan fingerprint density at radius 3 is 2.55 bits per heavy atom. The number of carbonyl (C=O) groups is 3. The Morgan fingerprint density at radius 1 is 1.19 bits per heavy atom. The van der Waals surface area contributed by atoms with Crippen molar-refractivity contribution >= 4 is 23.4 Å². The monoisotopic (exact) mass is 433 g/mol. The number of nitrogens with zero attached hydrogens (tertiary/aromatic N) is 1. The number of hydrogen-bond donors (Lipinski definition) is 3. The van der Waals surface area contributed by atoms with Gasteiger partial charge in [0.2, 0.25) is 11.8 Å². The third-order valence-corrected chi connectivity index (χ3v) is 7.13. The molecule has 2 saturated carbocycles. The Morgan fingerprint density at radius 2 is 1.94 bits per heavy atom. The average Bonchev–Trinajstić information content (AvgIpc) is 3.40. The first-order valence-electron chi connectivity index (χ1n) is 11.2. The third kappa shape index (κ3) is 5.11. The number of nitrogens with one attached hydrogen (secondary N) is 2. The molecule has 7 nitrogen and oxygen atoms in total. The van der Waals surface area contributed by atoms with Crippen LogP contribution in [-0.2, 0) is 14.4 Å². The Labute approximate surface area is 182 Å². The second-order valence-electron chi connectivity index (χ2n) is 9.22. The summed E-state index contributed by atoms with van der Waals surface area (Å²) in [5, 5.41) is 11.7. The van der Waals surface area contributed by atoms with E-state index in [1.165, 1.54) is 12.1 Å². The van der Waals surface area contributed by atoms with Crippen LogP contribution in [0.15, 0.2) is 18.3 Å². The van der Waals surface area contributed by atoms with Gasteiger partial charge in [0.15, 0.2) is 5.78 Å². The number of rotatable bonds is 9. The van der Waals surface area contributed by atoms with Gasteiger partial charge in [-0.05, 0) is 56.1 Å². The summed E-state index contributed by atoms with van der Waals surface area (Å²) in [6.07, 6.45) is 8.85. The lowest BCUT2D eigenvalue weighted by Crippen LogP contribution is -2.46. The zero-order chi connectivity index (χ0) is 22.5. The highest BCUT2D eigenvalue weighted by molar-refractivity contribution is 6.12. The molecule has 0 aliphatic heterocycles. The fourth-order valence-corrected chi connectivity index (χ4v) is 5.49. The van der Waals surface area contributed by atoms with Crippen molar-refractivity contribution in [1.29, 1.82) is 0 Å². The molecule has 8 heteroatoms. The molecule has 1 aromatic rings. The van der Waals surface area contributed by atoms with Gasteiger partial charge in [0.25, 0.3) is 0 Å². The zero-order valence-electron chi connectivity index (χ0n) is 18.1. The fourth-order valence-electron chi connectivity index (χ4n) is 5.49. The predicted octanol–water partition coefficient (Wildman–Crippen LogP) is 4.16. The maximum atomic E-state index is 13.8. The Balaban J connectivity index is 1.90. The van der Waals surface area contributed by atoms with Crippen molar-refractivity contribution in [3.8, 4) is 0 Å². The van der Waals surface area contributed by atoms with Crippen LogP contribution in [-0.4, -0.2) is 27.8 Å². The first kappa shape index (κ1) is 23.3. The quantitative estimate of drug-likeness (QED) is 0.308. The van der Waals surface area contributed by atoms with Gasteiger partial charge in [-0.25, -0.2) is 14.9 Å². The smallest absolute Gasteiger partial charge is 0.244 e. The normalized spacial score (nSPS) is 22.9. The molecule has 2 aliphatic carbocycles. The fraction of sp³-hybridized carbons (Fsp3) is 0.652. The Kier molecular flexibility index (Phi) is 7.41. The summed E-state index contributed by atoms with van der Waals surface area (Å²) in [5.41, 5.74) is 0.358. The number of anilines is 1. The summed E-state index contributed by atoms with van der Waals surface area (Å²) in [6.45, 7) is 2.00. The van der Waals surface area contributed by atoms with Gasteiger partial charge in [0.05, 0.1) is 6.20 Å². The van der Waals surface area contributed by atoms with E-state index in [4.69, 9.17) is 5.21 Å². The number of Topliss-reactive ketones (excluding diaryl/α,β-unsaturated/α-hetero) is 1. The largest absolute Gasteiger partial charge is 0.310 e. The third-order valence-electron chi connectivity index (χ3n) is 7.13. The van der Waals surface area contributed by atoms with Crippen LogP contribution in [0.5, 0.6) is 0 Å². The van der Waals surface area contributed by atoms with E-state index in [-0.39, 0.29) is 23.4 Å². The van der Waals surface area contributed by atoms with Crippen molar-refractivity contribution in [3.63, 3.8) is 0 Å². The van der Waals surface area contributed by atoms with Gasteiger partial charge in [0.1, 0.15) is 17.1 Å². The molecular weight excluding hydrogens is 401 g/mol. The number of hydrogen-bond acceptors (Lipinski definition) is 5. The van der Waals surface area contributed by atoms with Gasteiger partial charge in [-0.2, -0.15) is 0 Å². The Bertz CT molecular complexity index is 808. The molecular formula is C23H32FN3O4. The highest BCUT2D eigenvalue weighted by atomic mass is 19.1. The molecule has 3 N–H and O–H groups in total. The molecule has 2 amide bonds. The number of unbranched alkanes of at least 4 members (excludes halogenated alkanes) is 1. The van der Waals surface area contributed by atoms with Gasteiger partial charge in [-0.15, -0.1) is 0 Å². The number of aromatic nitrogens is 1. The molecule has 2 atom stereocenters. The molecule has 170 valence electrons. The zero-order valence-corrected chi connectivity index (χ0v) is 18.1. The van der Waals surface area contributed by atoms with Crippen LogP contribution in [0.4, 0.5) is 10.2 Å². The second kappa shape index (κ2) is 9.85. The van der Waals surface area contributed by atoms with E-state index in [2.05, 4.69) is 10.3 Å². The molecule has 2 aliphatic rings. The van der Waals surface area contributed by atoms with Crippen LogP contribution in [0.2, 0.25) is 0 Å². The van der Waals surface area contributed by atoms with Crippen LogP contribution in [0.1, 0.15) is 77.6 Å². The van der Waals surface area contributed by atoms with E-state index in [1.54, 1.807) is 5.48 Å². The van der Waals surface area contributed by atoms with E-state index in [0.29, 0.717) is 19.3 Å². The highest BCUT2D eigenvalue weighted by Gasteiger charge is 2.58. The van der Waals surface area contributed by atoms with Gasteiger partial charge in [-0.3, -0.25) is 19.6 Å². The van der Waals surface area contributed by atoms with Crippen molar-refractivity contribution in [2.45, 2.75) is 77.6 Å². The Hall–Kier alpha value is -2.35. The maximum absolute atomic E-state index is 13.8. The van der Waals surface area contributed by atoms with Crippen molar-refractivity contribution in [2.75, 3.05) is 5.32 Å². The summed E-state index contributed by atoms with van der Waals surface area (Å²) < 4.78 is 13.2. The first-order valence-corrected chi connectivity index (χ1v) is 11.2. The van der Waals surface area contributed by atoms with Crippen LogP contribution in [0, 0.1) is 22.6 Å². The topological polar surface area (TPSA) is 108 Å². The number of pyridine rings is 1. The molecule has 1 heterocycles. The summed E-state index contributed by atoms with van der Waals surface area (Å²) in [5.74, 6) is -2.23. The van der Waals surface area contributed by atoms with E-state index in [9.17, 15) is 18.8 Å². The predicted molar refractivity (Wildman–Crippen MR) is 113 cm³/mol. The van der Waals surface area contributed by atoms with Crippen LogP contribution in [0.25, 0.3) is 0 Å². The van der Waals surface area contributed by atoms with Crippen molar-refractivity contribution in [3.05, 3.63) is 24.1 Å². The minimum Gasteiger partial charge on any atom is -0.310 e. The number of hydroxylamine groups is 1. The number of amides is 2. The van der Waals surface area contributed by atoms with Gasteiger partial charge in [0, 0.05) is 12.3 Å². The summed E-state index contributed by atoms with van der Waals surface area (Å²) in [6, 6.07) is 2.58. The number of carbonyl (C=O) groups excluding carboxylic acids is 3. The number of halogens is 1. The second-order valence-corrected chi connectivity index (χ2v) is 9.22. The minimum atomic E-state index is -1.24. The van der Waals surface area contributed by atoms with E-state index < -0.39 is 29.0 Å². The SMILES string of the molecule is CCCCC(CC(=O)NO)C(=O)C1(C(=O)Nc2ccc(F)cn2)CCC2(CCCC2)C1. The van der Waals surface area contributed by atoms with Crippen molar-refractivity contribution < 1.29 is 24.0 Å². The van der Waals surface area contributed by atoms with Crippen LogP contribution in [0.3, 0.4) is 0 Å². The average molecular weight is 434 g/mol. The van der Waals surface area contributed by atoms with E-state index in [1.807, 2.05) is 6.92 Å². The summed E-state index contributed by atoms with van der Waals surface area (Å²) in [7, 11) is 0. The molecule has 3 rings (SSSR count). The summed E-state index contributed by atoms with van der Waals surface area (Å²) >= 11 is 0. The molecule has 0 radical (unpaired) electrons. The van der Waals surface area contributed by atoms with Crippen LogP contribution >= 0.6 is 0 Å². The summed E-state index contributed by atoms with van der Waals surface area (Å²) in [4.78, 5) is 43.2. The maximum Gasteiger partial charge on any atom is 0.244 e. The van der Waals surface area contributed by atoms with Crippen LogP contribution < -0.4 is 10.8 Å². The first-order chi connectivity index (χ1) is 14.8. The molecule has 1 spiro atoms. The van der Waals surface area contributed by atoms with E-state index in [0.717, 1.165) is 51.1 Å². The molecule has 0 bridgehead atoms. The van der Waals surface area contributed by atoms with Gasteiger partial charge < -0.3 is 5.32 Å².